The van der Waals surface area contributed by atoms with Crippen molar-refractivity contribution in [3.05, 3.63) is 0 Å². The van der Waals surface area contributed by atoms with Gasteiger partial charge in [0.05, 0.1) is 0 Å². The van der Waals surface area contributed by atoms with Crippen LogP contribution in [0.15, 0.2) is 0 Å². The lowest BCUT2D eigenvalue weighted by molar-refractivity contribution is -0.117. The van der Waals surface area contributed by atoms with Gasteiger partial charge >= 0.3 is 0 Å². The summed E-state index contributed by atoms with van der Waals surface area (Å²) in [6.07, 6.45) is 7.75. The van der Waals surface area contributed by atoms with E-state index in [0.29, 0.717) is 0 Å². The molecule has 0 aliphatic rings. The molecule has 0 bridgehead atoms. The fourth-order valence-corrected chi connectivity index (χ4v) is 1.91. The van der Waals surface area contributed by atoms with Gasteiger partial charge in [-0.3, -0.25) is 0 Å². The molecule has 2 heteroatoms. The van der Waals surface area contributed by atoms with E-state index >= 15 is 0 Å². The van der Waals surface area contributed by atoms with E-state index in [9.17, 15) is 4.79 Å². The van der Waals surface area contributed by atoms with Crippen LogP contribution in [0.3, 0.4) is 0 Å². The molecular weight excluding hydrogens is 228 g/mol. The average molecular weight is 249 g/mol. The molecule has 0 radical (unpaired) electrons. The second kappa shape index (κ2) is 7.54. The van der Waals surface area contributed by atoms with Crippen LogP contribution in [0.25, 0.3) is 0 Å². The molecule has 0 aromatic heterocycles. The maximum atomic E-state index is 11.1. The van der Waals surface area contributed by atoms with E-state index in [1.165, 1.54) is 19.1 Å². The van der Waals surface area contributed by atoms with Crippen molar-refractivity contribution in [1.82, 2.24) is 0 Å². The van der Waals surface area contributed by atoms with E-state index in [0.717, 1.165) is 31.0 Å². The number of carbonyl (C=O) groups is 1. The number of alkyl halides is 1. The van der Waals surface area contributed by atoms with Gasteiger partial charge in [-0.25, -0.2) is 0 Å². The monoisotopic (exact) mass is 248 g/mol. The van der Waals surface area contributed by atoms with Crippen LogP contribution in [0.1, 0.15) is 52.4 Å². The Labute approximate surface area is 90.4 Å². The average Bonchev–Trinajstić information content (AvgIpc) is 2.20. The third-order valence-electron chi connectivity index (χ3n) is 2.79. The molecule has 0 fully saturated rings. The number of carbonyl (C=O) groups excluding carboxylic acids is 1. The minimum atomic E-state index is -0.0240. The van der Waals surface area contributed by atoms with Gasteiger partial charge in [0, 0.05) is 10.7 Å². The Morgan fingerprint density at radius 3 is 2.23 bits per heavy atom. The van der Waals surface area contributed by atoms with Gasteiger partial charge in [0.2, 0.25) is 0 Å². The van der Waals surface area contributed by atoms with E-state index in [2.05, 4.69) is 29.8 Å². The maximum absolute atomic E-state index is 11.1. The third kappa shape index (κ3) is 4.80. The fraction of sp³-hybridized carbons (Fsp3) is 0.909. The topological polar surface area (TPSA) is 17.1 Å². The van der Waals surface area contributed by atoms with Crippen LogP contribution in [0.2, 0.25) is 0 Å². The van der Waals surface area contributed by atoms with Crippen molar-refractivity contribution >= 4 is 22.2 Å². The van der Waals surface area contributed by atoms with Crippen molar-refractivity contribution in [3.63, 3.8) is 0 Å². The molecule has 0 rings (SSSR count). The Balaban J connectivity index is 4.04. The molecule has 1 atom stereocenters. The first-order valence-corrected chi connectivity index (χ1v) is 6.39. The van der Waals surface area contributed by atoms with Gasteiger partial charge in [-0.15, -0.1) is 0 Å². The van der Waals surface area contributed by atoms with E-state index in [4.69, 9.17) is 0 Å². The van der Waals surface area contributed by atoms with Crippen molar-refractivity contribution < 1.29 is 4.79 Å². The van der Waals surface area contributed by atoms with Crippen molar-refractivity contribution in [2.45, 2.75) is 52.4 Å². The van der Waals surface area contributed by atoms with Crippen LogP contribution in [0, 0.1) is 5.41 Å². The predicted molar refractivity (Wildman–Crippen MR) is 61.3 cm³/mol. The SMILES string of the molecule is CCCCC(C=O)(CC)CCCBr. The highest BCUT2D eigenvalue weighted by Crippen LogP contribution is 2.31. The summed E-state index contributed by atoms with van der Waals surface area (Å²) in [6, 6.07) is 0. The summed E-state index contributed by atoms with van der Waals surface area (Å²) in [7, 11) is 0. The molecule has 1 nitrogen and oxygen atoms in total. The second-order valence-corrected chi connectivity index (χ2v) is 4.52. The lowest BCUT2D eigenvalue weighted by Crippen LogP contribution is -2.21. The van der Waals surface area contributed by atoms with Crippen LogP contribution in [-0.2, 0) is 4.79 Å². The first-order chi connectivity index (χ1) is 6.24. The summed E-state index contributed by atoms with van der Waals surface area (Å²) in [4.78, 5) is 11.1. The zero-order chi connectivity index (χ0) is 10.2. The molecule has 0 aliphatic heterocycles. The van der Waals surface area contributed by atoms with E-state index in [1.807, 2.05) is 0 Å². The van der Waals surface area contributed by atoms with Crippen molar-refractivity contribution in [3.8, 4) is 0 Å². The van der Waals surface area contributed by atoms with E-state index < -0.39 is 0 Å². The van der Waals surface area contributed by atoms with Crippen LogP contribution < -0.4 is 0 Å². The number of unbranched alkanes of at least 4 members (excludes halogenated alkanes) is 1. The Bertz CT molecular complexity index is 126. The molecule has 0 aromatic rings. The predicted octanol–water partition coefficient (Wildman–Crippen LogP) is 3.95. The molecule has 0 heterocycles. The number of hydrogen-bond donors (Lipinski definition) is 0. The van der Waals surface area contributed by atoms with Gasteiger partial charge in [0.15, 0.2) is 0 Å². The Morgan fingerprint density at radius 2 is 1.85 bits per heavy atom. The molecule has 0 aromatic carbocycles. The van der Waals surface area contributed by atoms with E-state index in [-0.39, 0.29) is 5.41 Å². The summed E-state index contributed by atoms with van der Waals surface area (Å²) in [6.45, 7) is 4.30. The Hall–Kier alpha value is 0.150. The second-order valence-electron chi connectivity index (χ2n) is 3.73. The van der Waals surface area contributed by atoms with E-state index in [1.54, 1.807) is 0 Å². The largest absolute Gasteiger partial charge is 0.303 e. The van der Waals surface area contributed by atoms with Crippen LogP contribution in [0.4, 0.5) is 0 Å². The standard InChI is InChI=1S/C11H21BrO/c1-3-5-7-11(4-2,10-13)8-6-9-12/h10H,3-9H2,1-2H3. The normalized spacial score (nSPS) is 15.3. The smallest absolute Gasteiger partial charge is 0.126 e. The van der Waals surface area contributed by atoms with Crippen LogP contribution in [-0.4, -0.2) is 11.6 Å². The van der Waals surface area contributed by atoms with Crippen molar-refractivity contribution in [2.75, 3.05) is 5.33 Å². The van der Waals surface area contributed by atoms with Gasteiger partial charge in [0.1, 0.15) is 6.29 Å². The van der Waals surface area contributed by atoms with Gasteiger partial charge < -0.3 is 4.79 Å². The zero-order valence-corrected chi connectivity index (χ0v) is 10.4. The molecule has 0 saturated heterocycles. The lowest BCUT2D eigenvalue weighted by atomic mass is 9.78. The highest BCUT2D eigenvalue weighted by molar-refractivity contribution is 9.09. The van der Waals surface area contributed by atoms with Gasteiger partial charge in [0.25, 0.3) is 0 Å². The molecule has 78 valence electrons. The molecule has 0 N–H and O–H groups in total. The zero-order valence-electron chi connectivity index (χ0n) is 8.81. The van der Waals surface area contributed by atoms with Crippen molar-refractivity contribution in [1.29, 1.82) is 0 Å². The first kappa shape index (κ1) is 13.2. The lowest BCUT2D eigenvalue weighted by Gasteiger charge is -2.26. The molecule has 1 unspecified atom stereocenters. The number of aldehydes is 1. The number of rotatable bonds is 8. The number of hydrogen-bond acceptors (Lipinski definition) is 1. The Kier molecular flexibility index (Phi) is 7.63. The summed E-state index contributed by atoms with van der Waals surface area (Å²) < 4.78 is 0. The molecule has 0 saturated carbocycles. The third-order valence-corrected chi connectivity index (χ3v) is 3.35. The van der Waals surface area contributed by atoms with Crippen molar-refractivity contribution in [2.24, 2.45) is 5.41 Å². The highest BCUT2D eigenvalue weighted by Gasteiger charge is 2.25. The minimum absolute atomic E-state index is 0.0240. The minimum Gasteiger partial charge on any atom is -0.303 e. The molecular formula is C11H21BrO. The number of halogens is 1. The Morgan fingerprint density at radius 1 is 1.23 bits per heavy atom. The summed E-state index contributed by atoms with van der Waals surface area (Å²) in [5.41, 5.74) is -0.0240. The first-order valence-electron chi connectivity index (χ1n) is 5.27. The van der Waals surface area contributed by atoms with Gasteiger partial charge in [-0.1, -0.05) is 42.6 Å². The van der Waals surface area contributed by atoms with Crippen LogP contribution in [0.5, 0.6) is 0 Å². The fourth-order valence-electron chi connectivity index (χ4n) is 1.63. The molecule has 0 aliphatic carbocycles. The summed E-state index contributed by atoms with van der Waals surface area (Å²) in [5, 5.41) is 1.01. The van der Waals surface area contributed by atoms with Gasteiger partial charge in [-0.05, 0) is 25.7 Å². The quantitative estimate of drug-likeness (QED) is 0.470. The summed E-state index contributed by atoms with van der Waals surface area (Å²) >= 11 is 3.41. The highest BCUT2D eigenvalue weighted by atomic mass is 79.9. The van der Waals surface area contributed by atoms with Crippen LogP contribution >= 0.6 is 15.9 Å². The molecule has 0 amide bonds. The van der Waals surface area contributed by atoms with Gasteiger partial charge in [-0.2, -0.15) is 0 Å². The molecule has 13 heavy (non-hydrogen) atoms. The summed E-state index contributed by atoms with van der Waals surface area (Å²) in [5.74, 6) is 0. The maximum Gasteiger partial charge on any atom is 0.126 e. The molecule has 0 spiro atoms.